The zero-order valence-corrected chi connectivity index (χ0v) is 52.1. The monoisotopic (exact) mass is 1200 g/mol. The molecule has 1 aromatic carbocycles. The number of carboxylic acid groups (broad SMARTS) is 5. The van der Waals surface area contributed by atoms with Gasteiger partial charge in [0.1, 0.15) is 0 Å². The lowest BCUT2D eigenvalue weighted by molar-refractivity contribution is -0.144. The third-order valence-corrected chi connectivity index (χ3v) is 17.8. The molecule has 21 nitrogen and oxygen atoms in total. The van der Waals surface area contributed by atoms with E-state index in [1.807, 2.05) is 0 Å². The van der Waals surface area contributed by atoms with Crippen molar-refractivity contribution >= 4 is 86.0 Å². The Kier molecular flexibility index (Phi) is 21.6. The number of anilines is 1. The minimum atomic E-state index is -1.32. The molecule has 2 unspecified atom stereocenters. The van der Waals surface area contributed by atoms with Gasteiger partial charge < -0.3 is 50.5 Å². The number of nitrogens with one attached hydrogen (secondary N) is 3. The van der Waals surface area contributed by atoms with Crippen LogP contribution in [-0.4, -0.2) is 172 Å². The fourth-order valence-corrected chi connectivity index (χ4v) is 12.5. The summed E-state index contributed by atoms with van der Waals surface area (Å²) < 4.78 is 6.52. The first kappa shape index (κ1) is 66.5. The second-order valence-electron chi connectivity index (χ2n) is 24.0. The van der Waals surface area contributed by atoms with Gasteiger partial charge in [-0.05, 0) is 118 Å². The first-order chi connectivity index (χ1) is 41.1. The lowest BCUT2D eigenvalue weighted by Crippen LogP contribution is -2.51. The van der Waals surface area contributed by atoms with Crippen molar-refractivity contribution in [2.75, 3.05) is 70.8 Å². The number of fused-ring (bicyclic) bond motifs is 8. The number of carbonyl (C=O) groups is 6. The number of carbonyl (C=O) groups excluding carboxylic acids is 1. The van der Waals surface area contributed by atoms with E-state index in [9.17, 15) is 54.3 Å². The molecule has 0 aliphatic carbocycles. The van der Waals surface area contributed by atoms with Crippen molar-refractivity contribution < 1.29 is 59.0 Å². The Morgan fingerprint density at radius 1 is 0.713 bits per heavy atom. The number of aromatic amines is 2. The number of nitrogens with zero attached hydrogens (tertiary/aromatic N) is 6. The largest absolute Gasteiger partial charge is 0.480 e. The van der Waals surface area contributed by atoms with E-state index < -0.39 is 79.4 Å². The zero-order valence-electron chi connectivity index (χ0n) is 52.1. The van der Waals surface area contributed by atoms with Gasteiger partial charge in [-0.15, -0.1) is 0 Å². The molecule has 21 heteroatoms. The van der Waals surface area contributed by atoms with Crippen LogP contribution in [0.4, 0.5) is 5.69 Å². The van der Waals surface area contributed by atoms with Crippen LogP contribution < -0.4 is 5.32 Å². The third kappa shape index (κ3) is 15.1. The van der Waals surface area contributed by atoms with E-state index in [0.717, 1.165) is 132 Å². The lowest BCUT2D eigenvalue weighted by atomic mass is 9.62. The van der Waals surface area contributed by atoms with E-state index in [0.29, 0.717) is 30.8 Å². The molecule has 4 aromatic rings. The Bertz CT molecular complexity index is 3490. The second-order valence-corrected chi connectivity index (χ2v) is 24.0. The maximum atomic E-state index is 14.5. The number of amides is 1. The average molecular weight is 1200 g/mol. The summed E-state index contributed by atoms with van der Waals surface area (Å²) in [5.74, 6) is -6.75. The highest BCUT2D eigenvalue weighted by atomic mass is 16.5. The molecule has 7 rings (SSSR count). The summed E-state index contributed by atoms with van der Waals surface area (Å²) >= 11 is 0. The maximum Gasteiger partial charge on any atom is 0.317 e. The number of H-pyrrole nitrogens is 2. The maximum absolute atomic E-state index is 14.5. The van der Waals surface area contributed by atoms with Crippen molar-refractivity contribution in [3.63, 3.8) is 0 Å². The molecule has 3 aromatic heterocycles. The SMILES string of the molecule is C=C1c2c3nc(cc4[nH]c(cc5nc(cc6[nH]c2c(c6C)C(=C)N1CCCC)C(CC)=C5C)c(C(C)OCCCC)c4C)C(C)(C)[C@]3(C)CCC(=O)Nc1ccc(CC(CN(CCN(CC(=O)O)CC(=O)O)CC(=O)O)N(CC(=O)O)CC(=O)O)cc1. The lowest BCUT2D eigenvalue weighted by Gasteiger charge is -2.41. The van der Waals surface area contributed by atoms with E-state index in [4.69, 9.17) is 27.9 Å². The van der Waals surface area contributed by atoms with Crippen molar-refractivity contribution in [2.45, 2.75) is 144 Å². The van der Waals surface area contributed by atoms with Crippen molar-refractivity contribution in [3.8, 4) is 0 Å². The van der Waals surface area contributed by atoms with Gasteiger partial charge in [-0.3, -0.25) is 48.5 Å². The summed E-state index contributed by atoms with van der Waals surface area (Å²) in [5, 5.41) is 51.5. The molecule has 6 heterocycles. The molecular formula is C66H87N9O12. The van der Waals surface area contributed by atoms with Gasteiger partial charge in [0, 0.05) is 112 Å². The predicted octanol–water partition coefficient (Wildman–Crippen LogP) is 10.1. The fraction of sp³-hybridized carbons (Fsp3) is 0.485. The van der Waals surface area contributed by atoms with E-state index in [1.165, 1.54) is 9.80 Å². The number of aromatic nitrogens is 4. The topological polar surface area (TPSA) is 295 Å². The van der Waals surface area contributed by atoms with Crippen LogP contribution in [0.15, 0.2) is 55.6 Å². The van der Waals surface area contributed by atoms with Gasteiger partial charge >= 0.3 is 29.8 Å². The van der Waals surface area contributed by atoms with Gasteiger partial charge in [0.05, 0.1) is 61.4 Å². The van der Waals surface area contributed by atoms with E-state index in [-0.39, 0.29) is 44.5 Å². The summed E-state index contributed by atoms with van der Waals surface area (Å²) in [4.78, 5) is 98.5. The molecule has 8 bridgehead atoms. The number of hydrogen-bond donors (Lipinski definition) is 8. The Morgan fingerprint density at radius 3 is 1.89 bits per heavy atom. The molecule has 0 saturated carbocycles. The summed E-state index contributed by atoms with van der Waals surface area (Å²) in [6.45, 7) is 28.6. The van der Waals surface area contributed by atoms with Gasteiger partial charge in [-0.25, -0.2) is 4.98 Å². The number of aryl methyl sites for hydroxylation is 2. The number of aliphatic carboxylic acids is 5. The van der Waals surface area contributed by atoms with Crippen LogP contribution in [0, 0.1) is 13.8 Å². The molecule has 8 N–H and O–H groups in total. The smallest absolute Gasteiger partial charge is 0.317 e. The van der Waals surface area contributed by atoms with Crippen molar-refractivity contribution in [1.82, 2.24) is 39.5 Å². The summed E-state index contributed by atoms with van der Waals surface area (Å²) in [6, 6.07) is 12.3. The van der Waals surface area contributed by atoms with Crippen LogP contribution in [0.25, 0.3) is 44.6 Å². The van der Waals surface area contributed by atoms with Crippen molar-refractivity contribution in [3.05, 3.63) is 112 Å². The molecule has 0 radical (unpaired) electrons. The first-order valence-electron chi connectivity index (χ1n) is 30.1. The standard InChI is InChI=1S/C66H87N9O12/c1-13-16-24-75-41(7)60-39(5)49-29-51-47(15-3)38(4)48(68-51)30-52-61(43(9)87-27-17-14-2)40(6)50(69-52)31-53-65(10,11)66(12,64(71-53)62(42(75)8)63(60)70-49)23-22-54(76)67-45-20-18-44(19-21-45)28-46(74(36-58(83)84)37-59(85)86)32-72(33-55(77)78)25-26-73(34-56(79)80)35-57(81)82/h18-21,29-31,43,46,69-70H,7-8,13-17,22-28,32-37H2,1-6,9-12H3,(H,67,76)(H,77,78)(H,79,80)(H,81,82)(H,83,84)(H,85,86)/t43?,46?,66-/m1/s1. The van der Waals surface area contributed by atoms with Gasteiger partial charge in [0.25, 0.3) is 0 Å². The number of carboxylic acids is 5. The highest BCUT2D eigenvalue weighted by Gasteiger charge is 2.52. The molecular weight excluding hydrogens is 1110 g/mol. The van der Waals surface area contributed by atoms with Crippen LogP contribution in [0.3, 0.4) is 0 Å². The van der Waals surface area contributed by atoms with Gasteiger partial charge in [-0.1, -0.05) is 79.7 Å². The van der Waals surface area contributed by atoms with Crippen LogP contribution in [0.1, 0.15) is 163 Å². The summed E-state index contributed by atoms with van der Waals surface area (Å²) in [7, 11) is 0. The van der Waals surface area contributed by atoms with Gasteiger partial charge in [0.2, 0.25) is 5.91 Å². The van der Waals surface area contributed by atoms with Crippen molar-refractivity contribution in [1.29, 1.82) is 0 Å². The van der Waals surface area contributed by atoms with Crippen LogP contribution in [-0.2, 0) is 50.8 Å². The Morgan fingerprint density at radius 2 is 1.29 bits per heavy atom. The molecule has 0 spiro atoms. The first-order valence-corrected chi connectivity index (χ1v) is 30.1. The molecule has 468 valence electrons. The Hall–Kier alpha value is -7.98. The molecule has 3 atom stereocenters. The fourth-order valence-electron chi connectivity index (χ4n) is 12.5. The predicted molar refractivity (Wildman–Crippen MR) is 337 cm³/mol. The number of unbranched alkanes of at least 4 members (excludes halogenated alkanes) is 2. The summed E-state index contributed by atoms with van der Waals surface area (Å²) in [5.41, 5.74) is 15.3. The van der Waals surface area contributed by atoms with E-state index >= 15 is 0 Å². The molecule has 87 heavy (non-hydrogen) atoms. The number of hydrogen-bond acceptors (Lipinski definition) is 13. The quantitative estimate of drug-likeness (QED) is 0.0217. The minimum Gasteiger partial charge on any atom is -0.480 e. The number of rotatable bonds is 31. The Balaban J connectivity index is 1.28. The zero-order chi connectivity index (χ0) is 63.8. The van der Waals surface area contributed by atoms with E-state index in [1.54, 1.807) is 24.3 Å². The molecule has 0 saturated heterocycles. The highest BCUT2D eigenvalue weighted by molar-refractivity contribution is 6.00. The van der Waals surface area contributed by atoms with Gasteiger partial charge in [-0.2, -0.15) is 0 Å². The number of benzene rings is 1. The van der Waals surface area contributed by atoms with Crippen LogP contribution in [0.2, 0.25) is 0 Å². The highest BCUT2D eigenvalue weighted by Crippen LogP contribution is 2.54. The normalized spacial score (nSPS) is 16.3. The Labute approximate surface area is 508 Å². The molecule has 0 fully saturated rings. The van der Waals surface area contributed by atoms with Crippen LogP contribution in [0.5, 0.6) is 0 Å². The van der Waals surface area contributed by atoms with E-state index in [2.05, 4.69) is 108 Å². The van der Waals surface area contributed by atoms with Gasteiger partial charge in [0.15, 0.2) is 0 Å². The average Bonchev–Trinajstić information content (AvgIpc) is 1.58. The van der Waals surface area contributed by atoms with Crippen LogP contribution >= 0.6 is 0 Å². The number of allylic oxidation sites excluding steroid dienone is 2. The number of ether oxygens (including phenoxy) is 1. The van der Waals surface area contributed by atoms with Crippen molar-refractivity contribution in [2.24, 2.45) is 0 Å². The molecule has 1 amide bonds. The molecule has 3 aliphatic heterocycles. The minimum absolute atomic E-state index is 0.0403. The molecule has 3 aliphatic rings. The third-order valence-electron chi connectivity index (χ3n) is 17.8. The second kappa shape index (κ2) is 28.2. The summed E-state index contributed by atoms with van der Waals surface area (Å²) in [6.07, 6.45) is 4.81.